The molecule has 1 saturated heterocycles. The predicted octanol–water partition coefficient (Wildman–Crippen LogP) is 3.37. The molecule has 27 heavy (non-hydrogen) atoms. The number of nitrogens with one attached hydrogen (secondary N) is 3. The number of amides is 1. The van der Waals surface area contributed by atoms with Gasteiger partial charge >= 0.3 is 0 Å². The standard InChI is InChI=1S/C21H27N3O3/c1-13(2)14-5-7-15(8-6-14)22-21(25)19-12-18(23-24-19)17-10-9-16(26-3)11-20(17)27-4/h5-11,13,18-19,23-24H,12H2,1-4H3,(H,22,25). The Hall–Kier alpha value is -2.57. The number of carbonyl (C=O) groups is 1. The second-order valence-electron chi connectivity index (χ2n) is 7.00. The number of benzene rings is 2. The van der Waals surface area contributed by atoms with E-state index in [-0.39, 0.29) is 18.0 Å². The zero-order valence-electron chi connectivity index (χ0n) is 16.2. The molecule has 1 aliphatic rings. The fourth-order valence-corrected chi connectivity index (χ4v) is 3.22. The molecule has 0 spiro atoms. The average Bonchev–Trinajstić information content (AvgIpc) is 3.18. The highest BCUT2D eigenvalue weighted by Gasteiger charge is 2.31. The number of rotatable bonds is 6. The van der Waals surface area contributed by atoms with E-state index in [1.165, 1.54) is 5.56 Å². The number of carbonyl (C=O) groups excluding carboxylic acids is 1. The molecule has 2 aromatic rings. The Morgan fingerprint density at radius 3 is 2.44 bits per heavy atom. The summed E-state index contributed by atoms with van der Waals surface area (Å²) in [7, 11) is 3.25. The van der Waals surface area contributed by atoms with Crippen molar-refractivity contribution in [3.63, 3.8) is 0 Å². The molecule has 0 radical (unpaired) electrons. The number of anilines is 1. The van der Waals surface area contributed by atoms with Crippen LogP contribution in [0, 0.1) is 0 Å². The van der Waals surface area contributed by atoms with Crippen molar-refractivity contribution in [1.82, 2.24) is 10.9 Å². The van der Waals surface area contributed by atoms with Crippen LogP contribution in [0.1, 0.15) is 43.4 Å². The van der Waals surface area contributed by atoms with Crippen LogP contribution in [-0.2, 0) is 4.79 Å². The van der Waals surface area contributed by atoms with Crippen molar-refractivity contribution in [2.75, 3.05) is 19.5 Å². The molecule has 1 fully saturated rings. The SMILES string of the molecule is COc1ccc(C2CC(C(=O)Nc3ccc(C(C)C)cc3)NN2)c(OC)c1. The molecule has 0 bridgehead atoms. The summed E-state index contributed by atoms with van der Waals surface area (Å²) in [5, 5.41) is 2.98. The van der Waals surface area contributed by atoms with E-state index in [1.54, 1.807) is 14.2 Å². The van der Waals surface area contributed by atoms with Crippen LogP contribution < -0.4 is 25.6 Å². The molecule has 3 N–H and O–H groups in total. The van der Waals surface area contributed by atoms with Crippen molar-refractivity contribution in [2.45, 2.75) is 38.3 Å². The molecule has 6 nitrogen and oxygen atoms in total. The van der Waals surface area contributed by atoms with Gasteiger partial charge in [0.25, 0.3) is 0 Å². The molecule has 144 valence electrons. The maximum absolute atomic E-state index is 12.6. The minimum Gasteiger partial charge on any atom is -0.497 e. The van der Waals surface area contributed by atoms with E-state index in [9.17, 15) is 4.79 Å². The van der Waals surface area contributed by atoms with Crippen molar-refractivity contribution in [1.29, 1.82) is 0 Å². The molecule has 1 heterocycles. The van der Waals surface area contributed by atoms with Gasteiger partial charge in [-0.2, -0.15) is 0 Å². The molecule has 2 aromatic carbocycles. The first-order chi connectivity index (χ1) is 13.0. The molecule has 1 amide bonds. The Morgan fingerprint density at radius 2 is 1.81 bits per heavy atom. The molecule has 1 aliphatic heterocycles. The normalized spacial score (nSPS) is 19.1. The van der Waals surface area contributed by atoms with Crippen LogP contribution in [0.3, 0.4) is 0 Å². The summed E-state index contributed by atoms with van der Waals surface area (Å²) >= 11 is 0. The third-order valence-electron chi connectivity index (χ3n) is 4.88. The van der Waals surface area contributed by atoms with Gasteiger partial charge in [-0.15, -0.1) is 0 Å². The Morgan fingerprint density at radius 1 is 1.07 bits per heavy atom. The van der Waals surface area contributed by atoms with Crippen molar-refractivity contribution in [2.24, 2.45) is 0 Å². The highest BCUT2D eigenvalue weighted by molar-refractivity contribution is 5.95. The molecular weight excluding hydrogens is 342 g/mol. The van der Waals surface area contributed by atoms with E-state index >= 15 is 0 Å². The molecule has 2 unspecified atom stereocenters. The van der Waals surface area contributed by atoms with E-state index < -0.39 is 0 Å². The van der Waals surface area contributed by atoms with Gasteiger partial charge in [0, 0.05) is 17.3 Å². The van der Waals surface area contributed by atoms with E-state index in [0.717, 1.165) is 22.7 Å². The first kappa shape index (κ1) is 19.2. The highest BCUT2D eigenvalue weighted by atomic mass is 16.5. The van der Waals surface area contributed by atoms with Crippen LogP contribution in [0.15, 0.2) is 42.5 Å². The van der Waals surface area contributed by atoms with Crippen molar-refractivity contribution in [3.8, 4) is 11.5 Å². The van der Waals surface area contributed by atoms with Gasteiger partial charge < -0.3 is 14.8 Å². The summed E-state index contributed by atoms with van der Waals surface area (Å²) in [6.45, 7) is 4.30. The van der Waals surface area contributed by atoms with Crippen molar-refractivity contribution in [3.05, 3.63) is 53.6 Å². The Kier molecular flexibility index (Phi) is 5.98. The van der Waals surface area contributed by atoms with Gasteiger partial charge in [0.05, 0.1) is 20.3 Å². The minimum atomic E-state index is -0.327. The number of ether oxygens (including phenoxy) is 2. The number of methoxy groups -OCH3 is 2. The Labute approximate surface area is 160 Å². The van der Waals surface area contributed by atoms with Gasteiger partial charge in [-0.25, -0.2) is 10.9 Å². The lowest BCUT2D eigenvalue weighted by molar-refractivity contribution is -0.117. The highest BCUT2D eigenvalue weighted by Crippen LogP contribution is 2.33. The van der Waals surface area contributed by atoms with Crippen LogP contribution in [0.5, 0.6) is 11.5 Å². The molecule has 0 saturated carbocycles. The third-order valence-corrected chi connectivity index (χ3v) is 4.88. The molecule has 0 aliphatic carbocycles. The second kappa shape index (κ2) is 8.41. The summed E-state index contributed by atoms with van der Waals surface area (Å²) in [5.74, 6) is 1.88. The minimum absolute atomic E-state index is 0.0232. The fourth-order valence-electron chi connectivity index (χ4n) is 3.22. The largest absolute Gasteiger partial charge is 0.497 e. The fraction of sp³-hybridized carbons (Fsp3) is 0.381. The lowest BCUT2D eigenvalue weighted by atomic mass is 10.00. The van der Waals surface area contributed by atoms with Crippen LogP contribution in [0.4, 0.5) is 5.69 Å². The Balaban J connectivity index is 1.64. The first-order valence-corrected chi connectivity index (χ1v) is 9.15. The zero-order valence-corrected chi connectivity index (χ0v) is 16.2. The predicted molar refractivity (Wildman–Crippen MR) is 106 cm³/mol. The first-order valence-electron chi connectivity index (χ1n) is 9.15. The smallest absolute Gasteiger partial charge is 0.242 e. The average molecular weight is 369 g/mol. The van der Waals surface area contributed by atoms with Crippen LogP contribution in [0.25, 0.3) is 0 Å². The zero-order chi connectivity index (χ0) is 19.4. The van der Waals surface area contributed by atoms with Gasteiger partial charge in [-0.1, -0.05) is 32.0 Å². The van der Waals surface area contributed by atoms with Crippen LogP contribution in [-0.4, -0.2) is 26.2 Å². The van der Waals surface area contributed by atoms with Gasteiger partial charge in [-0.3, -0.25) is 4.79 Å². The lowest BCUT2D eigenvalue weighted by Gasteiger charge is -2.15. The molecular formula is C21H27N3O3. The Bertz CT molecular complexity index is 790. The molecule has 2 atom stereocenters. The molecule has 6 heteroatoms. The van der Waals surface area contributed by atoms with Gasteiger partial charge in [0.15, 0.2) is 0 Å². The summed E-state index contributed by atoms with van der Waals surface area (Å²) in [6.07, 6.45) is 0.624. The van der Waals surface area contributed by atoms with E-state index in [0.29, 0.717) is 12.3 Å². The maximum Gasteiger partial charge on any atom is 0.242 e. The second-order valence-corrected chi connectivity index (χ2v) is 7.00. The summed E-state index contributed by atoms with van der Waals surface area (Å²) in [5.41, 5.74) is 9.32. The summed E-state index contributed by atoms with van der Waals surface area (Å²) in [4.78, 5) is 12.6. The topological polar surface area (TPSA) is 71.6 Å². The van der Waals surface area contributed by atoms with Gasteiger partial charge in [0.2, 0.25) is 5.91 Å². The van der Waals surface area contributed by atoms with Crippen molar-refractivity contribution < 1.29 is 14.3 Å². The monoisotopic (exact) mass is 369 g/mol. The van der Waals surface area contributed by atoms with Crippen LogP contribution in [0.2, 0.25) is 0 Å². The molecule has 3 rings (SSSR count). The lowest BCUT2D eigenvalue weighted by Crippen LogP contribution is -2.39. The van der Waals surface area contributed by atoms with Gasteiger partial charge in [0.1, 0.15) is 17.5 Å². The summed E-state index contributed by atoms with van der Waals surface area (Å²) < 4.78 is 10.7. The van der Waals surface area contributed by atoms with Gasteiger partial charge in [-0.05, 0) is 36.1 Å². The summed E-state index contributed by atoms with van der Waals surface area (Å²) in [6, 6.07) is 13.3. The number of hydrazine groups is 1. The number of hydrogen-bond donors (Lipinski definition) is 3. The van der Waals surface area contributed by atoms with E-state index in [4.69, 9.17) is 9.47 Å². The van der Waals surface area contributed by atoms with Crippen LogP contribution >= 0.6 is 0 Å². The third kappa shape index (κ3) is 4.40. The van der Waals surface area contributed by atoms with Crippen molar-refractivity contribution >= 4 is 11.6 Å². The molecule has 0 aromatic heterocycles. The number of hydrogen-bond acceptors (Lipinski definition) is 5. The van der Waals surface area contributed by atoms with E-state index in [1.807, 2.05) is 42.5 Å². The quantitative estimate of drug-likeness (QED) is 0.728. The van der Waals surface area contributed by atoms with E-state index in [2.05, 4.69) is 30.0 Å². The maximum atomic E-state index is 12.6.